The Morgan fingerprint density at radius 1 is 1.14 bits per heavy atom. The minimum absolute atomic E-state index is 0.0983. The number of benzene rings is 1. The fourth-order valence-corrected chi connectivity index (χ4v) is 5.44. The van der Waals surface area contributed by atoms with Gasteiger partial charge in [-0.3, -0.25) is 4.79 Å². The van der Waals surface area contributed by atoms with Crippen LogP contribution >= 0.6 is 0 Å². The van der Waals surface area contributed by atoms with Crippen LogP contribution in [0.4, 0.5) is 14.6 Å². The van der Waals surface area contributed by atoms with Crippen LogP contribution in [0.2, 0.25) is 0 Å². The maximum absolute atomic E-state index is 15.3. The zero-order valence-corrected chi connectivity index (χ0v) is 19.2. The lowest BCUT2D eigenvalue weighted by atomic mass is 9.96. The standard InChI is InChI=1S/C25H26F2N6O2/c1-32-12-18(26)17(10-23(32)35)13-2-6-16(21(34)8-13)25-28-11-22(30-31-25)33(15-4-5-15)20-9-14-3-7-19(29-14)24(20)27/h2,6,8,10-12,14-15,19-20,24,29,34H,3-5,7,9H2,1H3/t14-,19+,20+,24-/m0/s1. The number of nitrogens with zero attached hydrogens (tertiary/aromatic N) is 5. The Bertz CT molecular complexity index is 1330. The number of phenolic OH excluding ortho intramolecular Hbond substituents is 1. The Hall–Kier alpha value is -3.40. The first kappa shape index (κ1) is 22.1. The summed E-state index contributed by atoms with van der Waals surface area (Å²) in [7, 11) is 1.47. The average molecular weight is 481 g/mol. The molecule has 10 heteroatoms. The second kappa shape index (κ2) is 8.37. The van der Waals surface area contributed by atoms with Crippen LogP contribution in [0, 0.1) is 5.82 Å². The number of aromatic hydroxyl groups is 1. The minimum atomic E-state index is -0.970. The molecule has 0 unspecified atom stereocenters. The number of hydrogen-bond acceptors (Lipinski definition) is 7. The zero-order valence-electron chi connectivity index (χ0n) is 19.2. The van der Waals surface area contributed by atoms with Crippen LogP contribution in [-0.4, -0.2) is 55.2 Å². The molecule has 0 spiro atoms. The molecule has 8 nitrogen and oxygen atoms in total. The second-order valence-corrected chi connectivity index (χ2v) is 9.79. The van der Waals surface area contributed by atoms with Crippen molar-refractivity contribution in [1.82, 2.24) is 25.1 Å². The van der Waals surface area contributed by atoms with Crippen molar-refractivity contribution in [3.63, 3.8) is 0 Å². The molecule has 4 atom stereocenters. The SMILES string of the molecule is Cn1cc(F)c(-c2ccc(-c3ncc(N(C4CC4)[C@@H]4C[C@@H]5CC[C@@H](N5)[C@@H]4F)nn3)c(O)c2)cc1=O. The van der Waals surface area contributed by atoms with E-state index in [0.717, 1.165) is 42.9 Å². The van der Waals surface area contributed by atoms with Gasteiger partial charge in [-0.1, -0.05) is 6.07 Å². The van der Waals surface area contributed by atoms with Gasteiger partial charge in [0.2, 0.25) is 0 Å². The maximum Gasteiger partial charge on any atom is 0.251 e. The number of aromatic nitrogens is 4. The van der Waals surface area contributed by atoms with E-state index in [9.17, 15) is 14.3 Å². The van der Waals surface area contributed by atoms with Crippen LogP contribution in [0.1, 0.15) is 32.1 Å². The summed E-state index contributed by atoms with van der Waals surface area (Å²) in [6.07, 6.45) is 6.32. The van der Waals surface area contributed by atoms with Crippen molar-refractivity contribution in [3.8, 4) is 28.3 Å². The van der Waals surface area contributed by atoms with E-state index in [-0.39, 0.29) is 40.8 Å². The van der Waals surface area contributed by atoms with E-state index in [1.807, 2.05) is 0 Å². The summed E-state index contributed by atoms with van der Waals surface area (Å²) in [5.41, 5.74) is 0.436. The van der Waals surface area contributed by atoms with Crippen LogP contribution in [0.15, 0.2) is 41.5 Å². The van der Waals surface area contributed by atoms with Gasteiger partial charge in [0.1, 0.15) is 17.7 Å². The Balaban J connectivity index is 1.28. The molecule has 1 saturated carbocycles. The number of fused-ring (bicyclic) bond motifs is 2. The molecular formula is C25H26F2N6O2. The molecule has 1 aromatic carbocycles. The number of halogens is 2. The van der Waals surface area contributed by atoms with Crippen LogP contribution in [0.3, 0.4) is 0 Å². The highest BCUT2D eigenvalue weighted by Gasteiger charge is 2.48. The first-order valence-electron chi connectivity index (χ1n) is 12.0. The normalized spacial score (nSPS) is 25.6. The van der Waals surface area contributed by atoms with Gasteiger partial charge in [-0.15, -0.1) is 10.2 Å². The summed E-state index contributed by atoms with van der Waals surface area (Å²) < 4.78 is 30.8. The van der Waals surface area contributed by atoms with Crippen molar-refractivity contribution in [3.05, 3.63) is 52.8 Å². The highest BCUT2D eigenvalue weighted by Crippen LogP contribution is 2.40. The van der Waals surface area contributed by atoms with Gasteiger partial charge in [0, 0.05) is 43.0 Å². The van der Waals surface area contributed by atoms with Crippen molar-refractivity contribution >= 4 is 5.82 Å². The molecule has 6 rings (SSSR count). The van der Waals surface area contributed by atoms with Gasteiger partial charge in [-0.05, 0) is 49.8 Å². The van der Waals surface area contributed by atoms with E-state index in [0.29, 0.717) is 23.0 Å². The molecule has 182 valence electrons. The van der Waals surface area contributed by atoms with Gasteiger partial charge in [-0.2, -0.15) is 0 Å². The third kappa shape index (κ3) is 3.95. The molecule has 2 aromatic heterocycles. The number of aryl methyl sites for hydroxylation is 1. The van der Waals surface area contributed by atoms with E-state index in [4.69, 9.17) is 0 Å². The lowest BCUT2D eigenvalue weighted by Crippen LogP contribution is -2.57. The van der Waals surface area contributed by atoms with Crippen molar-refractivity contribution in [2.24, 2.45) is 7.05 Å². The molecule has 3 aliphatic rings. The molecule has 2 saturated heterocycles. The van der Waals surface area contributed by atoms with Gasteiger partial charge < -0.3 is 19.9 Å². The molecule has 0 radical (unpaired) electrons. The molecule has 4 heterocycles. The summed E-state index contributed by atoms with van der Waals surface area (Å²) in [4.78, 5) is 18.4. The third-order valence-corrected chi connectivity index (χ3v) is 7.39. The topological polar surface area (TPSA) is 96.2 Å². The molecular weight excluding hydrogens is 454 g/mol. The maximum atomic E-state index is 15.3. The predicted molar refractivity (Wildman–Crippen MR) is 126 cm³/mol. The highest BCUT2D eigenvalue weighted by atomic mass is 19.1. The van der Waals surface area contributed by atoms with Crippen molar-refractivity contribution in [1.29, 1.82) is 0 Å². The van der Waals surface area contributed by atoms with Crippen LogP contribution < -0.4 is 15.8 Å². The molecule has 1 aliphatic carbocycles. The number of phenols is 1. The number of hydrogen-bond donors (Lipinski definition) is 2. The van der Waals surface area contributed by atoms with Gasteiger partial charge in [0.25, 0.3) is 5.56 Å². The number of anilines is 1. The minimum Gasteiger partial charge on any atom is -0.507 e. The van der Waals surface area contributed by atoms with Crippen molar-refractivity contribution < 1.29 is 13.9 Å². The molecule has 2 aliphatic heterocycles. The Kier molecular flexibility index (Phi) is 5.28. The Morgan fingerprint density at radius 2 is 1.97 bits per heavy atom. The first-order valence-corrected chi connectivity index (χ1v) is 12.0. The Morgan fingerprint density at radius 3 is 2.69 bits per heavy atom. The molecule has 0 amide bonds. The summed E-state index contributed by atoms with van der Waals surface area (Å²) >= 11 is 0. The molecule has 2 N–H and O–H groups in total. The average Bonchev–Trinajstić information content (AvgIpc) is 3.59. The predicted octanol–water partition coefficient (Wildman–Crippen LogP) is 2.95. The monoisotopic (exact) mass is 480 g/mol. The van der Waals surface area contributed by atoms with E-state index < -0.39 is 12.0 Å². The van der Waals surface area contributed by atoms with E-state index in [2.05, 4.69) is 25.4 Å². The molecule has 35 heavy (non-hydrogen) atoms. The quantitative estimate of drug-likeness (QED) is 0.580. The van der Waals surface area contributed by atoms with Crippen LogP contribution in [-0.2, 0) is 7.05 Å². The summed E-state index contributed by atoms with van der Waals surface area (Å²) in [6.45, 7) is 0. The lowest BCUT2D eigenvalue weighted by molar-refractivity contribution is 0.171. The molecule has 2 bridgehead atoms. The Labute approximate surface area is 200 Å². The summed E-state index contributed by atoms with van der Waals surface area (Å²) in [6, 6.07) is 5.96. The van der Waals surface area contributed by atoms with Gasteiger partial charge in [0.15, 0.2) is 11.6 Å². The van der Waals surface area contributed by atoms with Crippen LogP contribution in [0.25, 0.3) is 22.5 Å². The largest absolute Gasteiger partial charge is 0.507 e. The van der Waals surface area contributed by atoms with E-state index in [1.54, 1.807) is 18.3 Å². The zero-order chi connectivity index (χ0) is 24.3. The lowest BCUT2D eigenvalue weighted by Gasteiger charge is -2.40. The number of alkyl halides is 1. The van der Waals surface area contributed by atoms with E-state index >= 15 is 4.39 Å². The summed E-state index contributed by atoms with van der Waals surface area (Å²) in [5.74, 6) is 0.0258. The molecule has 3 aromatic rings. The van der Waals surface area contributed by atoms with E-state index in [1.165, 1.54) is 19.2 Å². The number of nitrogens with one attached hydrogen (secondary N) is 1. The van der Waals surface area contributed by atoms with Crippen LogP contribution in [0.5, 0.6) is 5.75 Å². The summed E-state index contributed by atoms with van der Waals surface area (Å²) in [5, 5.41) is 22.6. The third-order valence-electron chi connectivity index (χ3n) is 7.39. The number of rotatable bonds is 5. The second-order valence-electron chi connectivity index (χ2n) is 9.79. The fourth-order valence-electron chi connectivity index (χ4n) is 5.44. The highest BCUT2D eigenvalue weighted by molar-refractivity contribution is 5.73. The smallest absolute Gasteiger partial charge is 0.251 e. The number of piperidine rings is 1. The number of pyridine rings is 1. The van der Waals surface area contributed by atoms with Gasteiger partial charge in [-0.25, -0.2) is 13.8 Å². The fraction of sp³-hybridized carbons (Fsp3) is 0.440. The van der Waals surface area contributed by atoms with Gasteiger partial charge in [0.05, 0.1) is 17.8 Å². The van der Waals surface area contributed by atoms with Crippen molar-refractivity contribution in [2.45, 2.75) is 62.4 Å². The van der Waals surface area contributed by atoms with Gasteiger partial charge >= 0.3 is 0 Å². The van der Waals surface area contributed by atoms with Crippen molar-refractivity contribution in [2.75, 3.05) is 4.90 Å². The molecule has 3 fully saturated rings. The first-order chi connectivity index (χ1) is 16.9.